The minimum atomic E-state index is -1.04. The number of carbonyl (C=O) groups is 1. The number of amides is 1. The van der Waals surface area contributed by atoms with Gasteiger partial charge in [-0.25, -0.2) is 4.39 Å². The molecule has 3 aliphatic heterocycles. The minimum absolute atomic E-state index is 0.0382. The van der Waals surface area contributed by atoms with E-state index in [4.69, 9.17) is 31.0 Å². The Morgan fingerprint density at radius 3 is 2.72 bits per heavy atom. The first-order chi connectivity index (χ1) is 22.8. The Kier molecular flexibility index (Phi) is 8.60. The second-order valence-corrected chi connectivity index (χ2v) is 12.9. The van der Waals surface area contributed by atoms with E-state index in [2.05, 4.69) is 48.9 Å². The molecule has 2 saturated heterocycles. The molecule has 0 saturated carbocycles. The highest BCUT2D eigenvalue weighted by atomic mass is 35.5. The van der Waals surface area contributed by atoms with Gasteiger partial charge in [-0.2, -0.15) is 15.2 Å². The lowest BCUT2D eigenvalue weighted by molar-refractivity contribution is -0.131. The molecule has 3 aromatic carbocycles. The van der Waals surface area contributed by atoms with Crippen LogP contribution in [0.25, 0.3) is 32.8 Å². The number of fused-ring (bicyclic) bond motifs is 4. The topological polar surface area (TPSA) is 94.8 Å². The molecule has 0 spiro atoms. The van der Waals surface area contributed by atoms with Gasteiger partial charge in [-0.3, -0.25) is 4.79 Å². The van der Waals surface area contributed by atoms with Gasteiger partial charge in [0.05, 0.1) is 36.0 Å². The van der Waals surface area contributed by atoms with E-state index in [1.165, 1.54) is 4.90 Å². The van der Waals surface area contributed by atoms with Gasteiger partial charge in [-0.05, 0) is 67.9 Å². The van der Waals surface area contributed by atoms with Crippen LogP contribution in [0.1, 0.15) is 31.2 Å². The van der Waals surface area contributed by atoms with Crippen molar-refractivity contribution < 1.29 is 18.7 Å². The van der Waals surface area contributed by atoms with Crippen LogP contribution in [0, 0.1) is 11.3 Å². The fourth-order valence-corrected chi connectivity index (χ4v) is 7.54. The minimum Gasteiger partial charge on any atom is -0.492 e. The van der Waals surface area contributed by atoms with Crippen molar-refractivity contribution in [2.24, 2.45) is 0 Å². The van der Waals surface area contributed by atoms with E-state index in [1.54, 1.807) is 0 Å². The van der Waals surface area contributed by atoms with Crippen molar-refractivity contribution in [3.05, 3.63) is 65.5 Å². The number of hydrogen-bond donors (Lipinski definition) is 0. The number of benzene rings is 3. The van der Waals surface area contributed by atoms with Crippen LogP contribution < -0.4 is 14.4 Å². The number of halogens is 2. The summed E-state index contributed by atoms with van der Waals surface area (Å²) in [6, 6.07) is 16.3. The second kappa shape index (κ2) is 13.0. The van der Waals surface area contributed by atoms with Gasteiger partial charge in [0, 0.05) is 41.6 Å². The van der Waals surface area contributed by atoms with E-state index < -0.39 is 17.8 Å². The molecule has 4 aromatic rings. The summed E-state index contributed by atoms with van der Waals surface area (Å²) in [5, 5.41) is 13.0. The lowest BCUT2D eigenvalue weighted by Gasteiger charge is -2.41. The molecule has 242 valence electrons. The number of nitriles is 1. The molecule has 9 nitrogen and oxygen atoms in total. The lowest BCUT2D eigenvalue weighted by atomic mass is 9.89. The highest BCUT2D eigenvalue weighted by molar-refractivity contribution is 6.36. The Bertz CT molecular complexity index is 1920. The fourth-order valence-electron chi connectivity index (χ4n) is 7.26. The first-order valence-corrected chi connectivity index (χ1v) is 16.5. The number of likely N-dealkylation sites (N-methyl/N-ethyl adjacent to an activating group) is 1. The maximum atomic E-state index is 14.0. The second-order valence-electron chi connectivity index (χ2n) is 12.5. The summed E-state index contributed by atoms with van der Waals surface area (Å²) < 4.78 is 26.7. The molecule has 7 rings (SSSR count). The van der Waals surface area contributed by atoms with Crippen molar-refractivity contribution in [3.63, 3.8) is 0 Å². The van der Waals surface area contributed by atoms with Crippen LogP contribution in [0.5, 0.6) is 11.8 Å². The molecule has 0 radical (unpaired) electrons. The zero-order valence-electron chi connectivity index (χ0n) is 26.3. The molecule has 3 aliphatic rings. The number of aromatic nitrogens is 2. The molecule has 2 fully saturated rings. The number of carbonyl (C=O) groups excluding carboxylic acids is 1. The van der Waals surface area contributed by atoms with Crippen LogP contribution in [0.3, 0.4) is 0 Å². The smallest absolute Gasteiger partial charge is 0.319 e. The van der Waals surface area contributed by atoms with Gasteiger partial charge >= 0.3 is 6.01 Å². The largest absolute Gasteiger partial charge is 0.492 e. The molecule has 4 heterocycles. The van der Waals surface area contributed by atoms with Gasteiger partial charge in [0.25, 0.3) is 5.91 Å². The monoisotopic (exact) mass is 654 g/mol. The van der Waals surface area contributed by atoms with Gasteiger partial charge in [-0.15, -0.1) is 0 Å². The van der Waals surface area contributed by atoms with Crippen molar-refractivity contribution in [2.45, 2.75) is 44.2 Å². The molecule has 0 N–H and O–H groups in total. The number of hydrogen-bond acceptors (Lipinski definition) is 8. The van der Waals surface area contributed by atoms with Crippen molar-refractivity contribution in [1.82, 2.24) is 19.8 Å². The quantitative estimate of drug-likeness (QED) is 0.214. The molecule has 0 bridgehead atoms. The van der Waals surface area contributed by atoms with Crippen molar-refractivity contribution >= 4 is 45.0 Å². The van der Waals surface area contributed by atoms with Crippen LogP contribution in [-0.2, 0) is 11.2 Å². The van der Waals surface area contributed by atoms with Gasteiger partial charge < -0.3 is 24.2 Å². The third-order valence-electron chi connectivity index (χ3n) is 9.64. The first-order valence-electron chi connectivity index (χ1n) is 16.1. The molecule has 0 unspecified atom stereocenters. The number of likely N-dealkylation sites (tertiary alicyclic amines) is 1. The molecule has 11 heteroatoms. The number of anilines is 1. The molecule has 1 aromatic heterocycles. The zero-order chi connectivity index (χ0) is 32.7. The Labute approximate surface area is 278 Å². The summed E-state index contributed by atoms with van der Waals surface area (Å²) >= 11 is 6.81. The maximum Gasteiger partial charge on any atom is 0.319 e. The Morgan fingerprint density at radius 1 is 1.13 bits per heavy atom. The van der Waals surface area contributed by atoms with E-state index in [9.17, 15) is 14.4 Å². The summed E-state index contributed by atoms with van der Waals surface area (Å²) in [5.41, 5.74) is 3.71. The number of ether oxygens (including phenoxy) is 2. The van der Waals surface area contributed by atoms with E-state index in [-0.39, 0.29) is 31.6 Å². The predicted molar refractivity (Wildman–Crippen MR) is 181 cm³/mol. The van der Waals surface area contributed by atoms with E-state index in [1.807, 2.05) is 23.1 Å². The Hall–Kier alpha value is -4.46. The molecule has 1 amide bonds. The van der Waals surface area contributed by atoms with E-state index in [0.29, 0.717) is 36.1 Å². The Morgan fingerprint density at radius 2 is 1.96 bits per heavy atom. The summed E-state index contributed by atoms with van der Waals surface area (Å²) in [5.74, 6) is -0.497. The molecular formula is C36H36ClFN6O3. The van der Waals surface area contributed by atoms with Crippen LogP contribution in [0.4, 0.5) is 10.2 Å². The predicted octanol–water partition coefficient (Wildman–Crippen LogP) is 6.32. The molecule has 2 atom stereocenters. The Balaban J connectivity index is 1.39. The van der Waals surface area contributed by atoms with Crippen LogP contribution >= 0.6 is 11.6 Å². The summed E-state index contributed by atoms with van der Waals surface area (Å²) in [6.07, 6.45) is 3.84. The average Bonchev–Trinajstić information content (AvgIpc) is 3.50. The standard InChI is InChI=1S/C36H36ClFN6O3/c1-22(38)35(45)44-17-16-43(20-24(44)13-14-39)34-32-30(40-36(41-34)47-21-25-9-5-15-42(25)2)19-28(27-11-6-18-46-33(27)32)26-10-3-7-23-8-4-12-29(37)31(23)26/h3-4,7-8,10,12,19,24-25H,1,5-6,9,11,13,15-18,20-21H2,2H3/t24-,25+/m0/s1. The van der Waals surface area contributed by atoms with Crippen LogP contribution in [0.2, 0.25) is 5.02 Å². The maximum absolute atomic E-state index is 14.0. The summed E-state index contributed by atoms with van der Waals surface area (Å²) in [6.45, 7) is 6.07. The van der Waals surface area contributed by atoms with Crippen molar-refractivity contribution in [3.8, 4) is 29.0 Å². The molecule has 0 aliphatic carbocycles. The summed E-state index contributed by atoms with van der Waals surface area (Å²) in [4.78, 5) is 28.3. The lowest BCUT2D eigenvalue weighted by Crippen LogP contribution is -2.55. The third kappa shape index (κ3) is 5.83. The van der Waals surface area contributed by atoms with E-state index >= 15 is 0 Å². The fraction of sp³-hybridized carbons (Fsp3) is 0.389. The van der Waals surface area contributed by atoms with Gasteiger partial charge in [-0.1, -0.05) is 48.5 Å². The number of nitrogens with zero attached hydrogens (tertiary/aromatic N) is 6. The van der Waals surface area contributed by atoms with Gasteiger partial charge in [0.15, 0.2) is 5.83 Å². The average molecular weight is 655 g/mol. The highest BCUT2D eigenvalue weighted by Gasteiger charge is 2.35. The van der Waals surface area contributed by atoms with Crippen molar-refractivity contribution in [1.29, 1.82) is 5.26 Å². The SMILES string of the molecule is C=C(F)C(=O)N1CCN(c2nc(OC[C@H]3CCCN3C)nc3cc(-c4cccc5cccc(Cl)c45)c4c(c23)OCCC4)C[C@@H]1CC#N. The normalized spacial score (nSPS) is 19.8. The van der Waals surface area contributed by atoms with Crippen LogP contribution in [0.15, 0.2) is 54.9 Å². The van der Waals surface area contributed by atoms with Gasteiger partial charge in [0.2, 0.25) is 0 Å². The third-order valence-corrected chi connectivity index (χ3v) is 9.96. The first kappa shape index (κ1) is 31.2. The molecule has 47 heavy (non-hydrogen) atoms. The van der Waals surface area contributed by atoms with Crippen molar-refractivity contribution in [2.75, 3.05) is 51.3 Å². The summed E-state index contributed by atoms with van der Waals surface area (Å²) in [7, 11) is 2.10. The van der Waals surface area contributed by atoms with Gasteiger partial charge in [0.1, 0.15) is 18.2 Å². The number of rotatable bonds is 7. The zero-order valence-corrected chi connectivity index (χ0v) is 27.1. The molecular weight excluding hydrogens is 619 g/mol. The highest BCUT2D eigenvalue weighted by Crippen LogP contribution is 2.46. The number of piperazine rings is 1. The van der Waals surface area contributed by atoms with E-state index in [0.717, 1.165) is 70.8 Å². The van der Waals surface area contributed by atoms with Crippen LogP contribution in [-0.4, -0.2) is 84.2 Å².